The molecule has 1 aliphatic heterocycles. The van der Waals surface area contributed by atoms with Crippen LogP contribution in [0.5, 0.6) is 0 Å². The number of benzene rings is 1. The summed E-state index contributed by atoms with van der Waals surface area (Å²) in [6.07, 6.45) is -10.2. The Bertz CT molecular complexity index is 1560. The molecule has 1 heterocycles. The van der Waals surface area contributed by atoms with Gasteiger partial charge in [0, 0.05) is 0 Å². The minimum absolute atomic E-state index is 0. The maximum absolute atomic E-state index is 12.8. The number of carbonyl (C=O) groups is 2. The van der Waals surface area contributed by atoms with Gasteiger partial charge in [-0.15, -0.1) is 4.13 Å². The molecule has 1 saturated heterocycles. The van der Waals surface area contributed by atoms with E-state index in [1.54, 1.807) is 0 Å². The summed E-state index contributed by atoms with van der Waals surface area (Å²) in [5, 5.41) is 9.27. The van der Waals surface area contributed by atoms with Crippen molar-refractivity contribution in [2.24, 2.45) is 11.3 Å². The Morgan fingerprint density at radius 1 is 0.870 bits per heavy atom. The molecule has 0 aliphatic carbocycles. The van der Waals surface area contributed by atoms with Crippen LogP contribution in [0, 0.1) is 11.3 Å². The first-order chi connectivity index (χ1) is 23.6. The number of quaternary nitrogens is 1. The van der Waals surface area contributed by atoms with Crippen molar-refractivity contribution in [1.29, 1.82) is 0 Å². The molecular formula is C31H47F9LiNO10S2+2. The standard InChI is InChI=1S/C12H18F6O3.C11H14F3NO4S2.C8H14O3.Li/c1-6-8(2,3)7(19)21-9(4,5)10(20,11(13,14)15)12(16,17)18;1-3-8(2)9-4-6-10(7-5-9)20(16,17)15-21(18,19)11(12,13)14;1-3-6(2)8(9)11-5-7-4-10-7;/h20H,6H2,1-5H3;4-8,15H,3H2,1-2H3;6-7H,3-5H2,1-2H3;/q;;;+1/p+1. The molecule has 0 spiro atoms. The van der Waals surface area contributed by atoms with Crippen LogP contribution in [-0.2, 0) is 43.8 Å². The van der Waals surface area contributed by atoms with Crippen LogP contribution < -0.4 is 23.0 Å². The van der Waals surface area contributed by atoms with Crippen LogP contribution in [0.15, 0.2) is 29.2 Å². The number of epoxide rings is 1. The molecule has 2 rings (SSSR count). The third kappa shape index (κ3) is 14.8. The van der Waals surface area contributed by atoms with E-state index in [1.165, 1.54) is 32.9 Å². The van der Waals surface area contributed by atoms with Crippen LogP contribution in [0.2, 0.25) is 0 Å². The molecule has 1 aromatic carbocycles. The Kier molecular flexibility index (Phi) is 19.9. The number of rotatable bonds is 13. The van der Waals surface area contributed by atoms with E-state index in [-0.39, 0.29) is 49.2 Å². The number of aliphatic hydroxyl groups is 1. The van der Waals surface area contributed by atoms with E-state index in [4.69, 9.17) is 9.47 Å². The van der Waals surface area contributed by atoms with E-state index in [9.17, 15) is 71.0 Å². The van der Waals surface area contributed by atoms with Crippen molar-refractivity contribution in [3.05, 3.63) is 29.8 Å². The number of sulfonamides is 2. The van der Waals surface area contributed by atoms with Crippen molar-refractivity contribution >= 4 is 32.0 Å². The van der Waals surface area contributed by atoms with E-state index in [1.807, 2.05) is 27.7 Å². The molecule has 0 aromatic heterocycles. The normalized spacial score (nSPS) is 16.6. The van der Waals surface area contributed by atoms with E-state index in [2.05, 4.69) is 4.74 Å². The summed E-state index contributed by atoms with van der Waals surface area (Å²) in [5.74, 6) is -1.19. The van der Waals surface area contributed by atoms with Crippen molar-refractivity contribution < 1.29 is 108 Å². The van der Waals surface area contributed by atoms with Gasteiger partial charge in [0.15, 0.2) is 5.60 Å². The first kappa shape index (κ1) is 54.0. The molecule has 54 heavy (non-hydrogen) atoms. The first-order valence-corrected chi connectivity index (χ1v) is 19.1. The Balaban J connectivity index is 0. The van der Waals surface area contributed by atoms with Gasteiger partial charge in [0.25, 0.3) is 5.60 Å². The Labute approximate surface area is 321 Å². The van der Waals surface area contributed by atoms with Crippen LogP contribution >= 0.6 is 0 Å². The molecule has 1 fully saturated rings. The van der Waals surface area contributed by atoms with E-state index in [0.717, 1.165) is 37.1 Å². The van der Waals surface area contributed by atoms with E-state index >= 15 is 0 Å². The number of halogens is 9. The maximum atomic E-state index is 12.8. The summed E-state index contributed by atoms with van der Waals surface area (Å²) in [5.41, 5.74) is -14.5. The quantitative estimate of drug-likeness (QED) is 0.131. The first-order valence-electron chi connectivity index (χ1n) is 16.0. The maximum Gasteiger partial charge on any atom is 1.00 e. The fraction of sp³-hybridized carbons (Fsp3) is 0.742. The van der Waals surface area contributed by atoms with Gasteiger partial charge in [-0.2, -0.15) is 56.3 Å². The predicted molar refractivity (Wildman–Crippen MR) is 171 cm³/mol. The minimum Gasteiger partial charge on any atom is -0.463 e. The van der Waals surface area contributed by atoms with Gasteiger partial charge in [-0.1, -0.05) is 46.8 Å². The van der Waals surface area contributed by atoms with Gasteiger partial charge in [-0.3, -0.25) is 9.59 Å². The second-order valence-corrected chi connectivity index (χ2v) is 17.1. The van der Waals surface area contributed by atoms with Gasteiger partial charge >= 0.3 is 68.7 Å². The fourth-order valence-electron chi connectivity index (χ4n) is 3.58. The molecule has 1 aromatic rings. The predicted octanol–water partition coefficient (Wildman–Crippen LogP) is 2.88. The molecule has 0 radical (unpaired) electrons. The van der Waals surface area contributed by atoms with Crippen molar-refractivity contribution in [1.82, 2.24) is 0 Å². The molecule has 3 atom stereocenters. The fourth-order valence-corrected chi connectivity index (χ4v) is 6.31. The monoisotopic (exact) mass is 835 g/mol. The molecule has 0 bridgehead atoms. The average molecular weight is 836 g/mol. The van der Waals surface area contributed by atoms with Crippen molar-refractivity contribution in [3.8, 4) is 0 Å². The van der Waals surface area contributed by atoms with Crippen molar-refractivity contribution in [2.75, 3.05) is 13.2 Å². The number of alkyl halides is 9. The number of ether oxygens (including phenoxy) is 3. The van der Waals surface area contributed by atoms with Gasteiger partial charge in [-0.25, -0.2) is 0 Å². The average Bonchev–Trinajstić information content (AvgIpc) is 3.85. The topological polar surface area (TPSA) is 170 Å². The Morgan fingerprint density at radius 3 is 1.65 bits per heavy atom. The minimum atomic E-state index is -6.06. The Morgan fingerprint density at radius 2 is 1.31 bits per heavy atom. The number of hydrogen-bond donors (Lipinski definition) is 2. The van der Waals surface area contributed by atoms with Crippen LogP contribution in [0.25, 0.3) is 0 Å². The van der Waals surface area contributed by atoms with Gasteiger partial charge in [0.05, 0.1) is 17.9 Å². The summed E-state index contributed by atoms with van der Waals surface area (Å²) >= 11 is 0. The van der Waals surface area contributed by atoms with E-state index < -0.39 is 69.5 Å². The second kappa shape index (κ2) is 19.9. The molecule has 3 unspecified atom stereocenters. The zero-order chi connectivity index (χ0) is 42.2. The zero-order valence-corrected chi connectivity index (χ0v) is 33.1. The summed E-state index contributed by atoms with van der Waals surface area (Å²) in [6.45, 7) is 13.7. The molecule has 0 saturated carbocycles. The van der Waals surface area contributed by atoms with Gasteiger partial charge in [-0.05, 0) is 70.6 Å². The van der Waals surface area contributed by atoms with Crippen LogP contribution in [0.4, 0.5) is 39.5 Å². The second-order valence-electron chi connectivity index (χ2n) is 13.2. The molecule has 1 aliphatic rings. The summed E-state index contributed by atoms with van der Waals surface area (Å²) in [7, 11) is -10.5. The largest absolute Gasteiger partial charge is 1.00 e. The zero-order valence-electron chi connectivity index (χ0n) is 31.5. The number of nitrogens with two attached hydrogens (primary N) is 1. The smallest absolute Gasteiger partial charge is 0.463 e. The molecule has 11 nitrogen and oxygen atoms in total. The summed E-state index contributed by atoms with van der Waals surface area (Å²) in [4.78, 5) is 22.3. The van der Waals surface area contributed by atoms with Crippen LogP contribution in [0.1, 0.15) is 93.1 Å². The summed E-state index contributed by atoms with van der Waals surface area (Å²) in [6, 6.07) is 5.10. The molecule has 3 N–H and O–H groups in total. The van der Waals surface area contributed by atoms with Crippen LogP contribution in [-0.4, -0.2) is 82.3 Å². The third-order valence-electron chi connectivity index (χ3n) is 8.27. The molecule has 23 heteroatoms. The SMILES string of the molecule is CCC(C)(C)C(=O)OC(C)(C)C(O)(C(F)(F)F)C(F)(F)F.CCC(C)C(=O)OCC1CO1.CCC(C)c1ccc(S(=O)(=O)[NH2+]S(=O)(=O)C(F)(F)F)cc1.[Li+]. The van der Waals surface area contributed by atoms with E-state index in [0.29, 0.717) is 20.5 Å². The van der Waals surface area contributed by atoms with Gasteiger partial charge in [0.1, 0.15) is 17.6 Å². The van der Waals surface area contributed by atoms with Gasteiger partial charge < -0.3 is 19.3 Å². The Hall–Kier alpha value is -2.09. The number of carbonyl (C=O) groups excluding carboxylic acids is 2. The molecular weight excluding hydrogens is 788 g/mol. The van der Waals surface area contributed by atoms with Crippen molar-refractivity contribution in [3.63, 3.8) is 0 Å². The number of primary sulfonamides is 2. The number of hydrogen-bond acceptors (Lipinski definition) is 10. The van der Waals surface area contributed by atoms with Crippen molar-refractivity contribution in [2.45, 2.75) is 128 Å². The summed E-state index contributed by atoms with van der Waals surface area (Å²) < 4.78 is 172. The van der Waals surface area contributed by atoms with Gasteiger partial charge in [0.2, 0.25) is 0 Å². The third-order valence-corrected chi connectivity index (χ3v) is 11.9. The van der Waals surface area contributed by atoms with Crippen LogP contribution in [0.3, 0.4) is 0 Å². The molecule has 0 amide bonds. The molecule has 310 valence electrons. The number of esters is 2.